The van der Waals surface area contributed by atoms with Crippen molar-refractivity contribution >= 4 is 97.8 Å². The highest BCUT2D eigenvalue weighted by molar-refractivity contribution is 5.99. The van der Waals surface area contributed by atoms with Crippen LogP contribution in [0, 0.1) is 0 Å². The first-order chi connectivity index (χ1) is 45.2. The quantitative estimate of drug-likeness (QED) is 0.0142. The van der Waals surface area contributed by atoms with Gasteiger partial charge < -0.3 is 98.0 Å². The summed E-state index contributed by atoms with van der Waals surface area (Å²) in [4.78, 5) is 136. The molecule has 0 spiro atoms. The van der Waals surface area contributed by atoms with Gasteiger partial charge in [-0.1, -0.05) is 87.2 Å². The molecule has 8 amide bonds. The van der Waals surface area contributed by atoms with Crippen LogP contribution < -0.4 is 83.1 Å². The minimum absolute atomic E-state index is 0.0358. The third kappa shape index (κ3) is 23.8. The monoisotopic (exact) mass is 1300 g/mol. The number of rotatable bonds is 42. The van der Waals surface area contributed by atoms with Gasteiger partial charge in [0.25, 0.3) is 0 Å². The smallest absolute Gasteiger partial charge is 0.243 e. The number of carbonyl (C=O) groups excluding carboxylic acids is 8. The van der Waals surface area contributed by atoms with E-state index in [1.807, 2.05) is 72.8 Å². The molecule has 3 heterocycles. The fourth-order valence-corrected chi connectivity index (χ4v) is 11.0. The van der Waals surface area contributed by atoms with E-state index in [9.17, 15) is 24.0 Å². The first-order valence-electron chi connectivity index (χ1n) is 32.2. The van der Waals surface area contributed by atoms with Gasteiger partial charge in [0, 0.05) is 103 Å². The van der Waals surface area contributed by atoms with E-state index in [-0.39, 0.29) is 101 Å². The maximum atomic E-state index is 15.2. The molecule has 0 bridgehead atoms. The van der Waals surface area contributed by atoms with Gasteiger partial charge in [-0.05, 0) is 99.1 Å². The maximum absolute atomic E-state index is 15.2. The number of H-pyrrole nitrogens is 3. The average Bonchev–Trinajstić information content (AvgIpc) is 1.67. The Morgan fingerprint density at radius 3 is 1.16 bits per heavy atom. The van der Waals surface area contributed by atoms with Crippen molar-refractivity contribution in [2.24, 2.45) is 60.8 Å². The molecule has 29 nitrogen and oxygen atoms in total. The fourth-order valence-electron chi connectivity index (χ4n) is 11.0. The van der Waals surface area contributed by atoms with Gasteiger partial charge in [-0.15, -0.1) is 0 Å². The number of fused-ring (bicyclic) bond motifs is 3. The predicted octanol–water partition coefficient (Wildman–Crippen LogP) is 0.688. The summed E-state index contributed by atoms with van der Waals surface area (Å²) >= 11 is 0. The zero-order valence-corrected chi connectivity index (χ0v) is 53.5. The second-order valence-corrected chi connectivity index (χ2v) is 23.4. The Labute approximate surface area is 546 Å². The number of aliphatic imine (C=N–C) groups is 3. The number of nitrogens with one attached hydrogen (secondary N) is 10. The molecule has 0 aliphatic rings. The molecule has 0 aliphatic carbocycles. The SMILES string of the molecule is CCCCCCCC(=O)NCCCC[C@H](NC(=O)[C@@H](Cc1c[nH]c2ccccc12)NC(=O)[C@@H](CCCN=C(N)N)NC(=O)[C@H](Cc1c[nH]c2ccccc12)NC(=O)[C@@H](CCCN=C(N)N)NC(=O)[C@@H](Cc1c[nH]c2ccccc12)NC(=O)[C@H](N)CCCN=C(N)N)C(N)=O. The highest BCUT2D eigenvalue weighted by Crippen LogP contribution is 2.23. The summed E-state index contributed by atoms with van der Waals surface area (Å²) in [6.07, 6.45) is 12.1. The first kappa shape index (κ1) is 72.9. The maximum Gasteiger partial charge on any atom is 0.243 e. The summed E-state index contributed by atoms with van der Waals surface area (Å²) in [5.41, 5.74) is 50.1. The molecule has 0 radical (unpaired) electrons. The standard InChI is InChI=1S/C65H95N21O8/c1-2-3-4-5-6-28-55(87)74-29-14-13-25-49(56(67)88)81-60(92)53(34-40-37-79-47-23-11-8-19-43(40)47)85-58(90)51(27-17-32-77-65(72)73)83-62(94)54(35-41-38-80-48-24-12-9-20-44(41)48)86-59(91)50(26-16-31-76-64(70)71)82-61(93)52(33-39-36-78-46-22-10-7-18-42(39)46)84-57(89)45(66)21-15-30-75-63(68)69/h7-12,18-20,22-24,36-38,45,49-54,78-80H,2-6,13-17,21,25-35,66H2,1H3,(H2,67,88)(H,74,87)(H,81,92)(H,82,93)(H,83,94)(H,84,89)(H,85,90)(H,86,91)(H4,68,69,75)(H4,70,71,76)(H4,72,73,77)/t45-,49+,50-,51-,52-,53-,54+/m1/s1. The largest absolute Gasteiger partial charge is 0.370 e. The molecule has 26 N–H and O–H groups in total. The van der Waals surface area contributed by atoms with Gasteiger partial charge in [-0.3, -0.25) is 53.3 Å². The van der Waals surface area contributed by atoms with Crippen molar-refractivity contribution in [2.45, 2.75) is 165 Å². The van der Waals surface area contributed by atoms with E-state index < -0.39 is 83.6 Å². The number of benzene rings is 3. The lowest BCUT2D eigenvalue weighted by Crippen LogP contribution is -2.60. The van der Waals surface area contributed by atoms with Crippen molar-refractivity contribution in [1.29, 1.82) is 0 Å². The second-order valence-electron chi connectivity index (χ2n) is 23.4. The number of unbranched alkanes of at least 4 members (excludes halogenated alkanes) is 5. The summed E-state index contributed by atoms with van der Waals surface area (Å²) in [6, 6.07) is 12.9. The molecule has 508 valence electrons. The number of carbonyl (C=O) groups is 8. The normalized spacial score (nSPS) is 13.4. The highest BCUT2D eigenvalue weighted by Gasteiger charge is 2.35. The van der Waals surface area contributed by atoms with Crippen molar-refractivity contribution in [3.8, 4) is 0 Å². The number of nitrogens with two attached hydrogens (primary N) is 8. The third-order valence-corrected chi connectivity index (χ3v) is 16.1. The summed E-state index contributed by atoms with van der Waals surface area (Å²) in [5.74, 6) is -6.03. The lowest BCUT2D eigenvalue weighted by molar-refractivity contribution is -0.135. The van der Waals surface area contributed by atoms with E-state index in [0.717, 1.165) is 64.8 Å². The van der Waals surface area contributed by atoms with E-state index in [2.05, 4.69) is 74.1 Å². The van der Waals surface area contributed by atoms with E-state index in [1.54, 1.807) is 18.6 Å². The molecule has 29 heteroatoms. The zero-order valence-electron chi connectivity index (χ0n) is 53.5. The summed E-state index contributed by atoms with van der Waals surface area (Å²) in [7, 11) is 0. The number of amides is 8. The lowest BCUT2D eigenvalue weighted by Gasteiger charge is -2.28. The highest BCUT2D eigenvalue weighted by atomic mass is 16.2. The van der Waals surface area contributed by atoms with Crippen LogP contribution >= 0.6 is 0 Å². The Morgan fingerprint density at radius 1 is 0.404 bits per heavy atom. The van der Waals surface area contributed by atoms with Crippen LogP contribution in [0.2, 0.25) is 0 Å². The third-order valence-electron chi connectivity index (χ3n) is 16.1. The Hall–Kier alpha value is -10.2. The zero-order chi connectivity index (χ0) is 67.9. The molecule has 6 aromatic rings. The van der Waals surface area contributed by atoms with Gasteiger partial charge in [0.1, 0.15) is 36.3 Å². The van der Waals surface area contributed by atoms with Crippen molar-refractivity contribution in [3.05, 3.63) is 108 Å². The molecule has 0 aliphatic heterocycles. The lowest BCUT2D eigenvalue weighted by atomic mass is 10.0. The number of para-hydroxylation sites is 3. The number of nitrogens with zero attached hydrogens (tertiary/aromatic N) is 3. The topological polar surface area (TPSA) is 513 Å². The molecule has 6 rings (SSSR count). The molecule has 7 atom stereocenters. The van der Waals surface area contributed by atoms with Gasteiger partial charge in [0.15, 0.2) is 17.9 Å². The summed E-state index contributed by atoms with van der Waals surface area (Å²) in [6.45, 7) is 2.79. The van der Waals surface area contributed by atoms with Crippen LogP contribution in [0.15, 0.2) is 106 Å². The summed E-state index contributed by atoms with van der Waals surface area (Å²) < 4.78 is 0. The Balaban J connectivity index is 1.28. The number of hydrogen-bond acceptors (Lipinski definition) is 12. The Kier molecular flexibility index (Phi) is 29.4. The van der Waals surface area contributed by atoms with Gasteiger partial charge in [0.05, 0.1) is 6.04 Å². The van der Waals surface area contributed by atoms with E-state index >= 15 is 14.4 Å². The van der Waals surface area contributed by atoms with Crippen molar-refractivity contribution in [1.82, 2.24) is 52.2 Å². The number of primary amides is 1. The number of aromatic amines is 3. The van der Waals surface area contributed by atoms with Crippen molar-refractivity contribution in [2.75, 3.05) is 26.2 Å². The van der Waals surface area contributed by atoms with Gasteiger partial charge >= 0.3 is 0 Å². The van der Waals surface area contributed by atoms with Crippen molar-refractivity contribution < 1.29 is 38.4 Å². The molecule has 0 unspecified atom stereocenters. The predicted molar refractivity (Wildman–Crippen MR) is 365 cm³/mol. The van der Waals surface area contributed by atoms with Crippen LogP contribution in [0.4, 0.5) is 0 Å². The number of aromatic nitrogens is 3. The van der Waals surface area contributed by atoms with Crippen LogP contribution in [-0.2, 0) is 57.6 Å². The van der Waals surface area contributed by atoms with Crippen LogP contribution in [-0.4, -0.2) is 149 Å². The van der Waals surface area contributed by atoms with E-state index in [4.69, 9.17) is 45.9 Å². The van der Waals surface area contributed by atoms with Crippen LogP contribution in [0.3, 0.4) is 0 Å². The molecular formula is C65H95N21O8. The van der Waals surface area contributed by atoms with E-state index in [1.165, 1.54) is 0 Å². The van der Waals surface area contributed by atoms with Crippen LogP contribution in [0.1, 0.15) is 120 Å². The molecule has 0 saturated carbocycles. The summed E-state index contributed by atoms with van der Waals surface area (Å²) in [5, 5.41) is 22.1. The molecule has 0 saturated heterocycles. The van der Waals surface area contributed by atoms with Crippen LogP contribution in [0.5, 0.6) is 0 Å². The van der Waals surface area contributed by atoms with Gasteiger partial charge in [0.2, 0.25) is 47.3 Å². The fraction of sp³-hybridized carbons (Fsp3) is 0.462. The number of guanidine groups is 3. The second kappa shape index (κ2) is 38.0. The first-order valence-corrected chi connectivity index (χ1v) is 32.2. The molecule has 3 aromatic carbocycles. The minimum atomic E-state index is -1.46. The van der Waals surface area contributed by atoms with Gasteiger partial charge in [-0.2, -0.15) is 0 Å². The van der Waals surface area contributed by atoms with Crippen LogP contribution in [0.25, 0.3) is 32.7 Å². The molecule has 3 aromatic heterocycles. The van der Waals surface area contributed by atoms with E-state index in [0.29, 0.717) is 48.9 Å². The number of hydrogen-bond donors (Lipinski definition) is 18. The average molecular weight is 1300 g/mol. The Bertz CT molecular complexity index is 3560. The minimum Gasteiger partial charge on any atom is -0.370 e. The van der Waals surface area contributed by atoms with Gasteiger partial charge in [-0.25, -0.2) is 0 Å². The van der Waals surface area contributed by atoms with Crippen molar-refractivity contribution in [3.63, 3.8) is 0 Å². The molecular weight excluding hydrogens is 1200 g/mol. The Morgan fingerprint density at radius 2 is 0.755 bits per heavy atom. The molecule has 0 fully saturated rings. The molecule has 94 heavy (non-hydrogen) atoms.